The van der Waals surface area contributed by atoms with Crippen LogP contribution in [0.15, 0.2) is 36.7 Å². The number of amides is 1. The first kappa shape index (κ1) is 21.5. The Labute approximate surface area is 176 Å². The van der Waals surface area contributed by atoms with Crippen molar-refractivity contribution in [3.05, 3.63) is 36.7 Å². The van der Waals surface area contributed by atoms with Gasteiger partial charge in [-0.2, -0.15) is 0 Å². The van der Waals surface area contributed by atoms with Crippen molar-refractivity contribution in [3.63, 3.8) is 0 Å². The lowest BCUT2D eigenvalue weighted by atomic mass is 10.3. The van der Waals surface area contributed by atoms with Gasteiger partial charge >= 0.3 is 6.09 Å². The van der Waals surface area contributed by atoms with Crippen molar-refractivity contribution in [3.8, 4) is 17.4 Å². The first-order valence-electron chi connectivity index (χ1n) is 10.2. The third-order valence-electron chi connectivity index (χ3n) is 4.62. The number of ether oxygens (including phenoxy) is 3. The van der Waals surface area contributed by atoms with Gasteiger partial charge in [0.25, 0.3) is 5.88 Å². The highest BCUT2D eigenvalue weighted by molar-refractivity contribution is 5.68. The fourth-order valence-electron chi connectivity index (χ4n) is 3.00. The molecule has 0 bridgehead atoms. The number of nitrogens with zero attached hydrogens (tertiary/aromatic N) is 4. The van der Waals surface area contributed by atoms with Crippen LogP contribution in [0.3, 0.4) is 0 Å². The molecule has 0 spiro atoms. The second-order valence-electron chi connectivity index (χ2n) is 6.82. The molecule has 0 atom stereocenters. The molecule has 162 valence electrons. The van der Waals surface area contributed by atoms with Crippen LogP contribution in [-0.4, -0.2) is 72.1 Å². The molecule has 0 unspecified atom stereocenters. The summed E-state index contributed by atoms with van der Waals surface area (Å²) in [4.78, 5) is 24.6. The van der Waals surface area contributed by atoms with Gasteiger partial charge in [0.2, 0.25) is 0 Å². The molecule has 1 amide bonds. The minimum atomic E-state index is -0.261. The first-order valence-corrected chi connectivity index (χ1v) is 10.2. The van der Waals surface area contributed by atoms with Crippen LogP contribution in [0.4, 0.5) is 10.6 Å². The molecular weight excluding hydrogens is 388 g/mol. The Kier molecular flexibility index (Phi) is 7.94. The normalized spacial score (nSPS) is 13.8. The van der Waals surface area contributed by atoms with E-state index in [0.717, 1.165) is 12.8 Å². The predicted octanol–water partition coefficient (Wildman–Crippen LogP) is 2.70. The van der Waals surface area contributed by atoms with Crippen molar-refractivity contribution in [1.82, 2.24) is 14.9 Å². The second kappa shape index (κ2) is 11.1. The third kappa shape index (κ3) is 6.13. The molecule has 1 aliphatic rings. The number of benzene rings is 1. The fraction of sp³-hybridized carbons (Fsp3) is 0.476. The molecular formula is C21H28N4O5. The zero-order valence-corrected chi connectivity index (χ0v) is 17.2. The Hall–Kier alpha value is -3.23. The molecule has 1 N–H and O–H groups in total. The Balaban J connectivity index is 1.47. The molecule has 30 heavy (non-hydrogen) atoms. The van der Waals surface area contributed by atoms with Gasteiger partial charge in [-0.05, 0) is 18.6 Å². The van der Waals surface area contributed by atoms with E-state index in [1.165, 1.54) is 0 Å². The fourth-order valence-corrected chi connectivity index (χ4v) is 3.00. The molecule has 1 fully saturated rings. The topological polar surface area (TPSA) is 97.3 Å². The van der Waals surface area contributed by atoms with Crippen molar-refractivity contribution in [2.24, 2.45) is 0 Å². The van der Waals surface area contributed by atoms with Crippen molar-refractivity contribution in [1.29, 1.82) is 0 Å². The molecule has 3 rings (SSSR count). The van der Waals surface area contributed by atoms with Gasteiger partial charge in [-0.25, -0.2) is 14.8 Å². The highest BCUT2D eigenvalue weighted by Gasteiger charge is 2.25. The minimum Gasteiger partial charge on any atom is -0.508 e. The van der Waals surface area contributed by atoms with Gasteiger partial charge in [-0.15, -0.1) is 0 Å². The number of carbonyl (C=O) groups is 1. The predicted molar refractivity (Wildman–Crippen MR) is 111 cm³/mol. The van der Waals surface area contributed by atoms with E-state index in [0.29, 0.717) is 56.8 Å². The molecule has 1 aliphatic heterocycles. The zero-order valence-electron chi connectivity index (χ0n) is 17.2. The molecule has 0 saturated carbocycles. The lowest BCUT2D eigenvalue weighted by Crippen LogP contribution is -2.49. The first-order chi connectivity index (χ1) is 14.7. The van der Waals surface area contributed by atoms with Crippen molar-refractivity contribution >= 4 is 11.9 Å². The molecule has 1 saturated heterocycles. The van der Waals surface area contributed by atoms with Gasteiger partial charge in [-0.1, -0.05) is 19.4 Å². The van der Waals surface area contributed by atoms with Crippen LogP contribution >= 0.6 is 0 Å². The number of hydrogen-bond donors (Lipinski definition) is 1. The van der Waals surface area contributed by atoms with Crippen molar-refractivity contribution < 1.29 is 24.1 Å². The summed E-state index contributed by atoms with van der Waals surface area (Å²) in [7, 11) is 0. The van der Waals surface area contributed by atoms with Crippen molar-refractivity contribution in [2.45, 2.75) is 19.8 Å². The summed E-state index contributed by atoms with van der Waals surface area (Å²) >= 11 is 0. The van der Waals surface area contributed by atoms with Crippen LogP contribution in [0, 0.1) is 0 Å². The van der Waals surface area contributed by atoms with Gasteiger partial charge in [0, 0.05) is 44.6 Å². The minimum absolute atomic E-state index is 0.151. The van der Waals surface area contributed by atoms with Gasteiger partial charge < -0.3 is 29.1 Å². The highest BCUT2D eigenvalue weighted by Crippen LogP contribution is 2.24. The van der Waals surface area contributed by atoms with Gasteiger partial charge in [0.1, 0.15) is 24.7 Å². The summed E-state index contributed by atoms with van der Waals surface area (Å²) in [6, 6.07) is 6.60. The lowest BCUT2D eigenvalue weighted by molar-refractivity contribution is 0.0988. The quantitative estimate of drug-likeness (QED) is 0.623. The van der Waals surface area contributed by atoms with Crippen LogP contribution in [0.1, 0.15) is 19.8 Å². The third-order valence-corrected chi connectivity index (χ3v) is 4.62. The molecule has 9 heteroatoms. The van der Waals surface area contributed by atoms with Crippen LogP contribution in [0.5, 0.6) is 17.4 Å². The van der Waals surface area contributed by atoms with Crippen LogP contribution in [0.2, 0.25) is 0 Å². The second-order valence-corrected chi connectivity index (χ2v) is 6.82. The molecule has 1 aromatic heterocycles. The Bertz CT molecular complexity index is 811. The maximum absolute atomic E-state index is 12.1. The summed E-state index contributed by atoms with van der Waals surface area (Å²) in [5.74, 6) is 1.79. The van der Waals surface area contributed by atoms with E-state index in [2.05, 4.69) is 16.9 Å². The SMILES string of the molecule is CCCCOC(=O)N1CCN(c2nccnc2OCCOc2cccc(O)c2)CC1. The molecule has 1 aromatic carbocycles. The number of anilines is 1. The van der Waals surface area contributed by atoms with Crippen molar-refractivity contribution in [2.75, 3.05) is 50.9 Å². The number of phenolic OH excluding ortho intramolecular Hbond substituents is 1. The summed E-state index contributed by atoms with van der Waals surface area (Å²) < 4.78 is 16.6. The Morgan fingerprint density at radius 3 is 2.60 bits per heavy atom. The maximum atomic E-state index is 12.1. The number of phenols is 1. The largest absolute Gasteiger partial charge is 0.508 e. The van der Waals surface area contributed by atoms with E-state index in [4.69, 9.17) is 14.2 Å². The number of aromatic hydroxyl groups is 1. The number of aromatic nitrogens is 2. The maximum Gasteiger partial charge on any atom is 0.409 e. The standard InChI is InChI=1S/C21H28N4O5/c1-2-3-13-30-21(27)25-11-9-24(10-12-25)19-20(23-8-7-22-19)29-15-14-28-18-6-4-5-17(26)16-18/h4-8,16,26H,2-3,9-15H2,1H3. The average Bonchev–Trinajstić information content (AvgIpc) is 2.77. The van der Waals surface area contributed by atoms with E-state index in [9.17, 15) is 9.90 Å². The highest BCUT2D eigenvalue weighted by atomic mass is 16.6. The van der Waals surface area contributed by atoms with Crippen LogP contribution in [-0.2, 0) is 4.74 Å². The number of hydrogen-bond acceptors (Lipinski definition) is 8. The average molecular weight is 416 g/mol. The molecule has 0 radical (unpaired) electrons. The number of piperazine rings is 1. The summed E-state index contributed by atoms with van der Waals surface area (Å²) in [6.07, 6.45) is 4.81. The van der Waals surface area contributed by atoms with Gasteiger partial charge in [-0.3, -0.25) is 0 Å². The van der Waals surface area contributed by atoms with Gasteiger partial charge in [0.15, 0.2) is 5.82 Å². The van der Waals surface area contributed by atoms with Crippen LogP contribution in [0.25, 0.3) is 0 Å². The van der Waals surface area contributed by atoms with E-state index in [1.807, 2.05) is 4.90 Å². The van der Waals surface area contributed by atoms with E-state index in [-0.39, 0.29) is 18.4 Å². The number of unbranched alkanes of at least 4 members (excludes halogenated alkanes) is 1. The zero-order chi connectivity index (χ0) is 21.2. The lowest BCUT2D eigenvalue weighted by Gasteiger charge is -2.35. The van der Waals surface area contributed by atoms with Gasteiger partial charge in [0.05, 0.1) is 6.61 Å². The number of carbonyl (C=O) groups excluding carboxylic acids is 1. The Morgan fingerprint density at radius 2 is 1.83 bits per heavy atom. The van der Waals surface area contributed by atoms with E-state index >= 15 is 0 Å². The molecule has 2 heterocycles. The van der Waals surface area contributed by atoms with Crippen LogP contribution < -0.4 is 14.4 Å². The van der Waals surface area contributed by atoms with E-state index < -0.39 is 0 Å². The molecule has 9 nitrogen and oxygen atoms in total. The number of rotatable bonds is 9. The Morgan fingerprint density at radius 1 is 1.07 bits per heavy atom. The summed E-state index contributed by atoms with van der Waals surface area (Å²) in [5.41, 5.74) is 0. The summed E-state index contributed by atoms with van der Waals surface area (Å²) in [5, 5.41) is 9.47. The summed E-state index contributed by atoms with van der Waals surface area (Å²) in [6.45, 7) is 5.47. The monoisotopic (exact) mass is 416 g/mol. The molecule has 2 aromatic rings. The molecule has 0 aliphatic carbocycles. The smallest absolute Gasteiger partial charge is 0.409 e. The van der Waals surface area contributed by atoms with E-state index in [1.54, 1.807) is 41.6 Å².